The predicted molar refractivity (Wildman–Crippen MR) is 74.1 cm³/mol. The lowest BCUT2D eigenvalue weighted by molar-refractivity contribution is -0.133. The van der Waals surface area contributed by atoms with Crippen molar-refractivity contribution < 1.29 is 18.7 Å². The smallest absolute Gasteiger partial charge is 0.313 e. The first kappa shape index (κ1) is 15.4. The van der Waals surface area contributed by atoms with Gasteiger partial charge in [-0.05, 0) is 26.0 Å². The minimum Gasteiger partial charge on any atom is -0.481 e. The molecule has 2 rings (SSSR count). The molecular formula is C13H13F2N3O2S. The number of carbonyl (C=O) groups is 1. The van der Waals surface area contributed by atoms with Gasteiger partial charge in [-0.3, -0.25) is 9.36 Å². The third-order valence-electron chi connectivity index (χ3n) is 2.69. The molecule has 0 aliphatic carbocycles. The first-order valence-corrected chi connectivity index (χ1v) is 7.14. The predicted octanol–water partition coefficient (Wildman–Crippen LogP) is 2.98. The Kier molecular flexibility index (Phi) is 4.56. The molecule has 0 saturated carbocycles. The van der Waals surface area contributed by atoms with Crippen molar-refractivity contribution in [2.24, 2.45) is 0 Å². The summed E-state index contributed by atoms with van der Waals surface area (Å²) in [5.41, 5.74) is -0.263. The van der Waals surface area contributed by atoms with Crippen LogP contribution in [0.1, 0.15) is 19.9 Å². The summed E-state index contributed by atoms with van der Waals surface area (Å²) in [6.45, 7) is 3.60. The van der Waals surface area contributed by atoms with E-state index in [4.69, 9.17) is 5.11 Å². The summed E-state index contributed by atoms with van der Waals surface area (Å²) < 4.78 is 29.3. The molecule has 0 atom stereocenters. The van der Waals surface area contributed by atoms with Crippen molar-refractivity contribution in [3.8, 4) is 11.4 Å². The molecule has 1 heterocycles. The Bertz CT molecular complexity index is 653. The Balaban J connectivity index is 2.52. The Morgan fingerprint density at radius 3 is 2.48 bits per heavy atom. The zero-order chi connectivity index (χ0) is 15.6. The number of carboxylic acids is 1. The van der Waals surface area contributed by atoms with Gasteiger partial charge in [0.25, 0.3) is 0 Å². The van der Waals surface area contributed by atoms with E-state index >= 15 is 0 Å². The second-order valence-electron chi connectivity index (χ2n) is 4.55. The number of aliphatic carboxylic acids is 1. The summed E-state index contributed by atoms with van der Waals surface area (Å²) in [4.78, 5) is 10.6. The topological polar surface area (TPSA) is 68.0 Å². The molecule has 2 aromatic rings. The number of aromatic nitrogens is 3. The van der Waals surface area contributed by atoms with Crippen LogP contribution in [0, 0.1) is 11.6 Å². The maximum Gasteiger partial charge on any atom is 0.313 e. The van der Waals surface area contributed by atoms with E-state index in [1.54, 1.807) is 13.8 Å². The van der Waals surface area contributed by atoms with Crippen LogP contribution in [0.2, 0.25) is 0 Å². The zero-order valence-electron chi connectivity index (χ0n) is 11.4. The van der Waals surface area contributed by atoms with E-state index in [0.717, 1.165) is 23.9 Å². The highest BCUT2D eigenvalue weighted by atomic mass is 32.2. The summed E-state index contributed by atoms with van der Waals surface area (Å²) in [6.07, 6.45) is 0. The first-order chi connectivity index (χ1) is 9.91. The highest BCUT2D eigenvalue weighted by molar-refractivity contribution is 7.99. The minimum atomic E-state index is -1.00. The second-order valence-corrected chi connectivity index (χ2v) is 5.49. The third-order valence-corrected chi connectivity index (χ3v) is 3.62. The van der Waals surface area contributed by atoms with E-state index in [1.807, 2.05) is 0 Å². The van der Waals surface area contributed by atoms with Gasteiger partial charge >= 0.3 is 5.97 Å². The van der Waals surface area contributed by atoms with Crippen molar-refractivity contribution in [3.63, 3.8) is 0 Å². The number of halogens is 2. The Morgan fingerprint density at radius 2 is 1.95 bits per heavy atom. The maximum absolute atomic E-state index is 13.9. The lowest BCUT2D eigenvalue weighted by Gasteiger charge is -2.14. The normalized spacial score (nSPS) is 11.1. The van der Waals surface area contributed by atoms with E-state index in [2.05, 4.69) is 10.2 Å². The van der Waals surface area contributed by atoms with Crippen molar-refractivity contribution in [2.45, 2.75) is 25.0 Å². The fourth-order valence-corrected chi connectivity index (χ4v) is 2.64. The van der Waals surface area contributed by atoms with Gasteiger partial charge in [0.15, 0.2) is 11.0 Å². The summed E-state index contributed by atoms with van der Waals surface area (Å²) >= 11 is 0.956. The van der Waals surface area contributed by atoms with Crippen LogP contribution >= 0.6 is 11.8 Å². The first-order valence-electron chi connectivity index (χ1n) is 6.15. The molecule has 0 spiro atoms. The molecule has 5 nitrogen and oxygen atoms in total. The fourth-order valence-electron chi connectivity index (χ4n) is 1.85. The number of hydrogen-bond acceptors (Lipinski definition) is 4. The van der Waals surface area contributed by atoms with E-state index in [0.29, 0.717) is 5.16 Å². The number of rotatable bonds is 5. The molecule has 0 aliphatic rings. The van der Waals surface area contributed by atoms with Gasteiger partial charge in [0, 0.05) is 6.04 Å². The average molecular weight is 313 g/mol. The fraction of sp³-hybridized carbons (Fsp3) is 0.308. The number of benzene rings is 1. The molecule has 1 aromatic carbocycles. The van der Waals surface area contributed by atoms with Crippen LogP contribution in [0.4, 0.5) is 8.78 Å². The van der Waals surface area contributed by atoms with Gasteiger partial charge in [-0.1, -0.05) is 17.8 Å². The van der Waals surface area contributed by atoms with Gasteiger partial charge in [0.05, 0.1) is 11.3 Å². The van der Waals surface area contributed by atoms with Crippen LogP contribution in [0.3, 0.4) is 0 Å². The summed E-state index contributed by atoms with van der Waals surface area (Å²) in [5, 5.41) is 16.7. The van der Waals surface area contributed by atoms with Crippen LogP contribution in [-0.2, 0) is 4.79 Å². The summed E-state index contributed by atoms with van der Waals surface area (Å²) in [7, 11) is 0. The summed E-state index contributed by atoms with van der Waals surface area (Å²) in [5.74, 6) is -2.63. The molecule has 1 aromatic heterocycles. The molecule has 0 saturated heterocycles. The molecule has 0 fully saturated rings. The average Bonchev–Trinajstić information content (AvgIpc) is 2.80. The van der Waals surface area contributed by atoms with Crippen LogP contribution in [0.5, 0.6) is 0 Å². The largest absolute Gasteiger partial charge is 0.481 e. The van der Waals surface area contributed by atoms with Crippen molar-refractivity contribution in [1.82, 2.24) is 14.8 Å². The number of nitrogens with zero attached hydrogens (tertiary/aromatic N) is 3. The van der Waals surface area contributed by atoms with Crippen LogP contribution in [0.15, 0.2) is 23.4 Å². The molecule has 0 radical (unpaired) electrons. The van der Waals surface area contributed by atoms with Gasteiger partial charge in [-0.2, -0.15) is 0 Å². The number of thioether (sulfide) groups is 1. The molecule has 0 unspecified atom stereocenters. The summed E-state index contributed by atoms with van der Waals surface area (Å²) in [6, 6.07) is 3.37. The Hall–Kier alpha value is -1.96. The molecular weight excluding hydrogens is 300 g/mol. The Labute approximate surface area is 124 Å². The molecule has 0 bridgehead atoms. The van der Waals surface area contributed by atoms with Crippen LogP contribution in [0.25, 0.3) is 11.4 Å². The van der Waals surface area contributed by atoms with Crippen molar-refractivity contribution in [3.05, 3.63) is 29.8 Å². The highest BCUT2D eigenvalue weighted by Crippen LogP contribution is 2.30. The van der Waals surface area contributed by atoms with Gasteiger partial charge in [-0.15, -0.1) is 10.2 Å². The van der Waals surface area contributed by atoms with E-state index in [-0.39, 0.29) is 23.2 Å². The van der Waals surface area contributed by atoms with Crippen LogP contribution < -0.4 is 0 Å². The van der Waals surface area contributed by atoms with Gasteiger partial charge in [-0.25, -0.2) is 8.78 Å². The minimum absolute atomic E-state index is 0.0495. The molecule has 8 heteroatoms. The van der Waals surface area contributed by atoms with E-state index in [1.165, 1.54) is 10.6 Å². The van der Waals surface area contributed by atoms with Gasteiger partial charge < -0.3 is 5.11 Å². The molecule has 0 aliphatic heterocycles. The van der Waals surface area contributed by atoms with E-state index in [9.17, 15) is 13.6 Å². The lowest BCUT2D eigenvalue weighted by atomic mass is 10.2. The third kappa shape index (κ3) is 3.21. The lowest BCUT2D eigenvalue weighted by Crippen LogP contribution is -2.08. The molecule has 21 heavy (non-hydrogen) atoms. The zero-order valence-corrected chi connectivity index (χ0v) is 12.2. The molecule has 1 N–H and O–H groups in total. The SMILES string of the molecule is CC(C)n1c(SCC(=O)O)nnc1-c1c(F)cccc1F. The quantitative estimate of drug-likeness (QED) is 0.860. The van der Waals surface area contributed by atoms with Crippen molar-refractivity contribution >= 4 is 17.7 Å². The second kappa shape index (κ2) is 6.21. The highest BCUT2D eigenvalue weighted by Gasteiger charge is 2.22. The van der Waals surface area contributed by atoms with Gasteiger partial charge in [0.1, 0.15) is 11.6 Å². The number of carboxylic acid groups (broad SMARTS) is 1. The maximum atomic E-state index is 13.9. The Morgan fingerprint density at radius 1 is 1.33 bits per heavy atom. The standard InChI is InChI=1S/C13H13F2N3O2S/c1-7(2)18-12(11-8(14)4-3-5-9(11)15)16-17-13(18)21-6-10(19)20/h3-5,7H,6H2,1-2H3,(H,19,20). The van der Waals surface area contributed by atoms with Crippen LogP contribution in [-0.4, -0.2) is 31.6 Å². The van der Waals surface area contributed by atoms with Crippen molar-refractivity contribution in [1.29, 1.82) is 0 Å². The van der Waals surface area contributed by atoms with Crippen molar-refractivity contribution in [2.75, 3.05) is 5.75 Å². The molecule has 112 valence electrons. The monoisotopic (exact) mass is 313 g/mol. The van der Waals surface area contributed by atoms with E-state index < -0.39 is 17.6 Å². The van der Waals surface area contributed by atoms with Gasteiger partial charge in [0.2, 0.25) is 0 Å². The molecule has 0 amide bonds. The number of hydrogen-bond donors (Lipinski definition) is 1.